The van der Waals surface area contributed by atoms with Crippen molar-refractivity contribution in [3.63, 3.8) is 0 Å². The first-order chi connectivity index (χ1) is 19.6. The first kappa shape index (κ1) is 28.0. The molecule has 3 fully saturated rings. The van der Waals surface area contributed by atoms with Crippen LogP contribution >= 0.6 is 0 Å². The van der Waals surface area contributed by atoms with E-state index in [2.05, 4.69) is 20.0 Å². The van der Waals surface area contributed by atoms with Gasteiger partial charge in [0.1, 0.15) is 11.5 Å². The van der Waals surface area contributed by atoms with E-state index < -0.39 is 0 Å². The van der Waals surface area contributed by atoms with Crippen molar-refractivity contribution in [2.45, 2.75) is 32.2 Å². The minimum absolute atomic E-state index is 0.0637. The molecule has 0 bridgehead atoms. The summed E-state index contributed by atoms with van der Waals surface area (Å²) in [5.41, 5.74) is 8.46. The number of rotatable bonds is 8. The van der Waals surface area contributed by atoms with Gasteiger partial charge in [-0.25, -0.2) is 4.98 Å². The van der Waals surface area contributed by atoms with Gasteiger partial charge in [0.2, 0.25) is 5.91 Å². The molecule has 5 rings (SSSR count). The van der Waals surface area contributed by atoms with Gasteiger partial charge in [0.25, 0.3) is 5.91 Å². The molecule has 11 heteroatoms. The topological polar surface area (TPSA) is 126 Å². The second-order valence-corrected chi connectivity index (χ2v) is 10.7. The average molecular weight is 550 g/mol. The fourth-order valence-corrected chi connectivity index (χ4v) is 5.73. The first-order valence-electron chi connectivity index (χ1n) is 14.2. The number of likely N-dealkylation sites (tertiary alicyclic amines) is 2. The molecule has 0 radical (unpaired) electrons. The Labute approximate surface area is 235 Å². The number of nitrogens with two attached hydrogens (primary N) is 1. The highest BCUT2D eigenvalue weighted by atomic mass is 16.6. The molecule has 0 spiro atoms. The maximum Gasteiger partial charge on any atom is 0.263 e. The molecule has 0 aliphatic carbocycles. The molecule has 2 aromatic rings. The number of morpholine rings is 1. The number of amides is 2. The van der Waals surface area contributed by atoms with Crippen molar-refractivity contribution in [2.75, 3.05) is 64.8 Å². The highest BCUT2D eigenvalue weighted by molar-refractivity contribution is 6.00. The number of carbonyl (C=O) groups is 2. The second-order valence-electron chi connectivity index (χ2n) is 10.7. The highest BCUT2D eigenvalue weighted by Crippen LogP contribution is 2.27. The molecule has 3 aliphatic rings. The van der Waals surface area contributed by atoms with Crippen LogP contribution in [-0.2, 0) is 25.7 Å². The second kappa shape index (κ2) is 13.7. The number of nitrogens with zero attached hydrogens (tertiary/aromatic N) is 6. The van der Waals surface area contributed by atoms with Crippen LogP contribution in [0.25, 0.3) is 0 Å². The molecular formula is C29H39N7O4. The fourth-order valence-electron chi connectivity index (χ4n) is 5.73. The Bertz CT molecular complexity index is 1160. The van der Waals surface area contributed by atoms with E-state index in [0.29, 0.717) is 45.2 Å². The number of carbonyl (C=O) groups excluding carboxylic acids is 2. The van der Waals surface area contributed by atoms with Gasteiger partial charge < -0.3 is 25.1 Å². The number of nitrogen functional groups attached to an aromatic ring is 1. The predicted octanol–water partition coefficient (Wildman–Crippen LogP) is 1.79. The minimum Gasteiger partial charge on any atom is -0.385 e. The lowest BCUT2D eigenvalue weighted by Gasteiger charge is -2.37. The van der Waals surface area contributed by atoms with Crippen LogP contribution in [0, 0.1) is 11.8 Å². The van der Waals surface area contributed by atoms with Crippen LogP contribution in [0.5, 0.6) is 0 Å². The molecule has 5 heterocycles. The van der Waals surface area contributed by atoms with E-state index in [0.717, 1.165) is 62.3 Å². The Morgan fingerprint density at radius 1 is 0.925 bits per heavy atom. The van der Waals surface area contributed by atoms with Gasteiger partial charge in [-0.1, -0.05) is 11.2 Å². The van der Waals surface area contributed by atoms with Gasteiger partial charge in [0.15, 0.2) is 6.61 Å². The van der Waals surface area contributed by atoms with Crippen LogP contribution in [0.3, 0.4) is 0 Å². The number of piperidine rings is 2. The molecule has 3 saturated heterocycles. The van der Waals surface area contributed by atoms with Crippen molar-refractivity contribution in [3.05, 3.63) is 54.0 Å². The minimum atomic E-state index is -0.110. The number of anilines is 1. The number of oxime groups is 1. The third-order valence-electron chi connectivity index (χ3n) is 8.02. The van der Waals surface area contributed by atoms with Crippen LogP contribution in [-0.4, -0.2) is 101 Å². The van der Waals surface area contributed by atoms with Crippen molar-refractivity contribution in [1.29, 1.82) is 0 Å². The maximum absolute atomic E-state index is 13.4. The Kier molecular flexibility index (Phi) is 9.56. The first-order valence-corrected chi connectivity index (χ1v) is 14.2. The lowest BCUT2D eigenvalue weighted by Crippen LogP contribution is -2.46. The summed E-state index contributed by atoms with van der Waals surface area (Å²) in [6, 6.07) is 9.61. The largest absolute Gasteiger partial charge is 0.385 e. The van der Waals surface area contributed by atoms with E-state index in [9.17, 15) is 9.59 Å². The number of hydrogen-bond acceptors (Lipinski definition) is 9. The normalized spacial score (nSPS) is 19.9. The average Bonchev–Trinajstić information content (AvgIpc) is 3.00. The molecule has 0 aromatic carbocycles. The summed E-state index contributed by atoms with van der Waals surface area (Å²) in [6.07, 6.45) is 6.77. The SMILES string of the molecule is Nc1cc(CN2CCC(C(=O)N3CCC(/C(=N\OCC(=O)N4CCOCC4)c4ccccn4)CC3)CC2)ccn1. The van der Waals surface area contributed by atoms with Gasteiger partial charge in [0, 0.05) is 57.0 Å². The monoisotopic (exact) mass is 549 g/mol. The van der Waals surface area contributed by atoms with Crippen molar-refractivity contribution in [1.82, 2.24) is 24.7 Å². The number of ether oxygens (including phenoxy) is 1. The Hall–Kier alpha value is -3.57. The highest BCUT2D eigenvalue weighted by Gasteiger charge is 2.33. The maximum atomic E-state index is 13.4. The molecule has 0 saturated carbocycles. The zero-order chi connectivity index (χ0) is 27.7. The number of pyridine rings is 2. The van der Waals surface area contributed by atoms with E-state index in [1.165, 1.54) is 0 Å². The molecule has 3 aliphatic heterocycles. The van der Waals surface area contributed by atoms with E-state index >= 15 is 0 Å². The van der Waals surface area contributed by atoms with E-state index in [4.69, 9.17) is 15.3 Å². The van der Waals surface area contributed by atoms with Crippen molar-refractivity contribution < 1.29 is 19.2 Å². The van der Waals surface area contributed by atoms with Gasteiger partial charge in [-0.3, -0.25) is 19.5 Å². The van der Waals surface area contributed by atoms with Crippen LogP contribution in [0.1, 0.15) is 36.9 Å². The van der Waals surface area contributed by atoms with Crippen LogP contribution in [0.4, 0.5) is 5.82 Å². The standard InChI is InChI=1S/C29H39N7O4/c30-26-19-22(4-10-32-26)20-34-11-5-24(6-12-34)29(38)36-13-7-23(8-14-36)28(25-3-1-2-9-31-25)33-40-21-27(37)35-15-17-39-18-16-35/h1-4,9-10,19,23-24H,5-8,11-18,20-21H2,(H2,30,32)/b33-28+. The van der Waals surface area contributed by atoms with E-state index in [1.54, 1.807) is 17.3 Å². The van der Waals surface area contributed by atoms with Gasteiger partial charge in [-0.15, -0.1) is 0 Å². The third-order valence-corrected chi connectivity index (χ3v) is 8.02. The Balaban J connectivity index is 1.12. The van der Waals surface area contributed by atoms with Crippen LogP contribution in [0.2, 0.25) is 0 Å². The number of aromatic nitrogens is 2. The molecule has 0 unspecified atom stereocenters. The lowest BCUT2D eigenvalue weighted by molar-refractivity contribution is -0.140. The van der Waals surface area contributed by atoms with Gasteiger partial charge >= 0.3 is 0 Å². The molecule has 214 valence electrons. The number of hydrogen-bond donors (Lipinski definition) is 1. The zero-order valence-electron chi connectivity index (χ0n) is 23.0. The lowest BCUT2D eigenvalue weighted by atomic mass is 9.88. The molecular weight excluding hydrogens is 510 g/mol. The molecule has 40 heavy (non-hydrogen) atoms. The predicted molar refractivity (Wildman–Crippen MR) is 150 cm³/mol. The summed E-state index contributed by atoms with van der Waals surface area (Å²) in [5.74, 6) is 0.870. The summed E-state index contributed by atoms with van der Waals surface area (Å²) in [4.78, 5) is 46.1. The smallest absolute Gasteiger partial charge is 0.263 e. The summed E-state index contributed by atoms with van der Waals surface area (Å²) < 4.78 is 5.32. The van der Waals surface area contributed by atoms with Gasteiger partial charge in [0.05, 0.1) is 18.9 Å². The molecule has 2 N–H and O–H groups in total. The van der Waals surface area contributed by atoms with Crippen LogP contribution in [0.15, 0.2) is 47.9 Å². The molecule has 2 aromatic heterocycles. The summed E-state index contributed by atoms with van der Waals surface area (Å²) >= 11 is 0. The van der Waals surface area contributed by atoms with Crippen LogP contribution < -0.4 is 5.73 Å². The van der Waals surface area contributed by atoms with E-state index in [1.807, 2.05) is 35.2 Å². The van der Waals surface area contributed by atoms with Gasteiger partial charge in [-0.05, 0) is 68.6 Å². The summed E-state index contributed by atoms with van der Waals surface area (Å²) in [6.45, 7) is 6.11. The fraction of sp³-hybridized carbons (Fsp3) is 0.552. The van der Waals surface area contributed by atoms with Crippen molar-refractivity contribution in [2.24, 2.45) is 17.0 Å². The Morgan fingerprint density at radius 2 is 1.68 bits per heavy atom. The molecule has 11 nitrogen and oxygen atoms in total. The molecule has 2 amide bonds. The summed E-state index contributed by atoms with van der Waals surface area (Å²) in [7, 11) is 0. The zero-order valence-corrected chi connectivity index (χ0v) is 23.0. The Morgan fingerprint density at radius 3 is 2.38 bits per heavy atom. The van der Waals surface area contributed by atoms with Crippen molar-refractivity contribution in [3.8, 4) is 0 Å². The van der Waals surface area contributed by atoms with Gasteiger partial charge in [-0.2, -0.15) is 0 Å². The molecule has 0 atom stereocenters. The van der Waals surface area contributed by atoms with Crippen molar-refractivity contribution >= 4 is 23.3 Å². The summed E-state index contributed by atoms with van der Waals surface area (Å²) in [5, 5.41) is 4.41. The quantitative estimate of drug-likeness (QED) is 0.390. The third kappa shape index (κ3) is 7.33. The van der Waals surface area contributed by atoms with E-state index in [-0.39, 0.29) is 30.3 Å².